The van der Waals surface area contributed by atoms with E-state index in [0.29, 0.717) is 11.5 Å². The third-order valence-corrected chi connectivity index (χ3v) is 6.00. The molecule has 0 atom stereocenters. The van der Waals surface area contributed by atoms with Gasteiger partial charge < -0.3 is 9.47 Å². The maximum absolute atomic E-state index is 5.37. The minimum atomic E-state index is 0.636. The number of aromatic nitrogens is 1. The van der Waals surface area contributed by atoms with Crippen LogP contribution in [0.25, 0.3) is 10.6 Å². The van der Waals surface area contributed by atoms with E-state index in [1.54, 1.807) is 43.1 Å². The van der Waals surface area contributed by atoms with Crippen LogP contribution in [0.5, 0.6) is 11.5 Å². The van der Waals surface area contributed by atoms with Gasteiger partial charge in [-0.15, -0.1) is 22.7 Å². The summed E-state index contributed by atoms with van der Waals surface area (Å²) in [7, 11) is 3.21. The molecular formula is C17H16BrN3O2S2. The first-order valence-corrected chi connectivity index (χ1v) is 9.83. The summed E-state index contributed by atoms with van der Waals surface area (Å²) in [6.45, 7) is 2.06. The zero-order valence-electron chi connectivity index (χ0n) is 13.9. The molecule has 130 valence electrons. The number of nitrogens with one attached hydrogen (secondary N) is 1. The predicted octanol–water partition coefficient (Wildman–Crippen LogP) is 5.41. The first-order valence-electron chi connectivity index (χ1n) is 7.35. The Morgan fingerprint density at radius 3 is 2.76 bits per heavy atom. The molecule has 0 radical (unpaired) electrons. The van der Waals surface area contributed by atoms with Gasteiger partial charge in [0, 0.05) is 10.4 Å². The SMILES string of the molecule is COc1ccc(/C=N\Nc2nc(-c3cccs3)c(C)s2)c(Br)c1OC. The lowest BCUT2D eigenvalue weighted by molar-refractivity contribution is 0.353. The smallest absolute Gasteiger partial charge is 0.204 e. The summed E-state index contributed by atoms with van der Waals surface area (Å²) in [5.74, 6) is 1.30. The van der Waals surface area contributed by atoms with E-state index in [0.717, 1.165) is 30.6 Å². The van der Waals surface area contributed by atoms with E-state index in [1.165, 1.54) is 0 Å². The van der Waals surface area contributed by atoms with Crippen LogP contribution < -0.4 is 14.9 Å². The van der Waals surface area contributed by atoms with Crippen LogP contribution in [0, 0.1) is 6.92 Å². The fraction of sp³-hybridized carbons (Fsp3) is 0.176. The van der Waals surface area contributed by atoms with Gasteiger partial charge in [0.15, 0.2) is 11.5 Å². The van der Waals surface area contributed by atoms with Gasteiger partial charge in [-0.3, -0.25) is 5.43 Å². The number of methoxy groups -OCH3 is 2. The van der Waals surface area contributed by atoms with E-state index in [9.17, 15) is 0 Å². The number of aryl methyl sites for hydroxylation is 1. The monoisotopic (exact) mass is 437 g/mol. The van der Waals surface area contributed by atoms with E-state index in [-0.39, 0.29) is 0 Å². The molecule has 2 aromatic heterocycles. The molecule has 1 N–H and O–H groups in total. The second-order valence-electron chi connectivity index (χ2n) is 4.98. The second kappa shape index (κ2) is 7.99. The number of thiazole rings is 1. The fourth-order valence-corrected chi connectivity index (χ4v) is 4.45. The van der Waals surface area contributed by atoms with Crippen molar-refractivity contribution in [2.75, 3.05) is 19.6 Å². The summed E-state index contributed by atoms with van der Waals surface area (Å²) in [5.41, 5.74) is 4.87. The molecule has 0 unspecified atom stereocenters. The van der Waals surface area contributed by atoms with Crippen LogP contribution in [-0.2, 0) is 0 Å². The zero-order valence-corrected chi connectivity index (χ0v) is 17.1. The highest BCUT2D eigenvalue weighted by Crippen LogP contribution is 2.37. The molecule has 1 aromatic carbocycles. The van der Waals surface area contributed by atoms with Crippen molar-refractivity contribution in [2.24, 2.45) is 5.10 Å². The maximum atomic E-state index is 5.37. The number of hydrogen-bond acceptors (Lipinski definition) is 7. The molecule has 2 heterocycles. The molecule has 0 saturated heterocycles. The van der Waals surface area contributed by atoms with E-state index in [1.807, 2.05) is 23.6 Å². The number of benzene rings is 1. The lowest BCUT2D eigenvalue weighted by atomic mass is 10.2. The van der Waals surface area contributed by atoms with Crippen LogP contribution in [0.1, 0.15) is 10.4 Å². The van der Waals surface area contributed by atoms with Gasteiger partial charge in [0.05, 0.1) is 35.5 Å². The minimum absolute atomic E-state index is 0.636. The van der Waals surface area contributed by atoms with E-state index < -0.39 is 0 Å². The van der Waals surface area contributed by atoms with Gasteiger partial charge in [0.1, 0.15) is 0 Å². The number of nitrogens with zero attached hydrogens (tertiary/aromatic N) is 2. The highest BCUT2D eigenvalue weighted by Gasteiger charge is 2.12. The van der Waals surface area contributed by atoms with Crippen molar-refractivity contribution >= 4 is 49.9 Å². The molecule has 5 nitrogen and oxygen atoms in total. The summed E-state index contributed by atoms with van der Waals surface area (Å²) in [5, 5.41) is 7.10. The third kappa shape index (κ3) is 3.86. The standard InChI is InChI=1S/C17H16BrN3O2S2/c1-10-15(13-5-4-8-24-13)20-17(25-10)21-19-9-11-6-7-12(22-2)16(23-3)14(11)18/h4-9H,1-3H3,(H,20,21)/b19-9-. The number of anilines is 1. The summed E-state index contributed by atoms with van der Waals surface area (Å²) in [4.78, 5) is 6.93. The van der Waals surface area contributed by atoms with Crippen molar-refractivity contribution in [3.05, 3.63) is 44.6 Å². The Morgan fingerprint density at radius 2 is 2.08 bits per heavy atom. The molecular weight excluding hydrogens is 422 g/mol. The van der Waals surface area contributed by atoms with Crippen molar-refractivity contribution in [1.82, 2.24) is 4.98 Å². The summed E-state index contributed by atoms with van der Waals surface area (Å²) in [6.07, 6.45) is 1.72. The average molecular weight is 438 g/mol. The lowest BCUT2D eigenvalue weighted by Gasteiger charge is -2.10. The molecule has 3 rings (SSSR count). The number of rotatable bonds is 6. The van der Waals surface area contributed by atoms with Crippen molar-refractivity contribution in [2.45, 2.75) is 6.92 Å². The van der Waals surface area contributed by atoms with Crippen LogP contribution in [0.2, 0.25) is 0 Å². The summed E-state index contributed by atoms with van der Waals surface area (Å²) < 4.78 is 11.4. The van der Waals surface area contributed by atoms with Gasteiger partial charge in [-0.05, 0) is 46.4 Å². The number of ether oxygens (including phenoxy) is 2. The number of halogens is 1. The van der Waals surface area contributed by atoms with Gasteiger partial charge >= 0.3 is 0 Å². The molecule has 25 heavy (non-hydrogen) atoms. The molecule has 0 bridgehead atoms. The van der Waals surface area contributed by atoms with Gasteiger partial charge in [0.25, 0.3) is 0 Å². The lowest BCUT2D eigenvalue weighted by Crippen LogP contribution is -1.96. The minimum Gasteiger partial charge on any atom is -0.493 e. The molecule has 0 aliphatic heterocycles. The van der Waals surface area contributed by atoms with E-state index >= 15 is 0 Å². The molecule has 0 fully saturated rings. The normalized spacial score (nSPS) is 11.0. The maximum Gasteiger partial charge on any atom is 0.204 e. The first kappa shape index (κ1) is 17.9. The van der Waals surface area contributed by atoms with Crippen LogP contribution in [0.3, 0.4) is 0 Å². The van der Waals surface area contributed by atoms with Gasteiger partial charge in [-0.25, -0.2) is 4.98 Å². The van der Waals surface area contributed by atoms with Crippen LogP contribution in [-0.4, -0.2) is 25.4 Å². The molecule has 0 aliphatic rings. The zero-order chi connectivity index (χ0) is 17.8. The highest BCUT2D eigenvalue weighted by atomic mass is 79.9. The molecule has 0 aliphatic carbocycles. The molecule has 0 amide bonds. The third-order valence-electron chi connectivity index (χ3n) is 3.43. The molecule has 8 heteroatoms. The fourth-order valence-electron chi connectivity index (χ4n) is 2.25. The largest absolute Gasteiger partial charge is 0.493 e. The Labute approximate surface area is 162 Å². The van der Waals surface area contributed by atoms with Crippen LogP contribution in [0.15, 0.2) is 39.2 Å². The quantitative estimate of drug-likeness (QED) is 0.413. The Bertz CT molecular complexity index is 892. The first-order chi connectivity index (χ1) is 12.1. The van der Waals surface area contributed by atoms with Crippen LogP contribution >= 0.6 is 38.6 Å². The Morgan fingerprint density at radius 1 is 1.24 bits per heavy atom. The molecule has 0 saturated carbocycles. The molecule has 0 spiro atoms. The number of hydrogen-bond donors (Lipinski definition) is 1. The average Bonchev–Trinajstić information content (AvgIpc) is 3.25. The summed E-state index contributed by atoms with van der Waals surface area (Å²) >= 11 is 6.79. The second-order valence-corrected chi connectivity index (χ2v) is 7.92. The van der Waals surface area contributed by atoms with Crippen molar-refractivity contribution in [1.29, 1.82) is 0 Å². The van der Waals surface area contributed by atoms with Crippen molar-refractivity contribution < 1.29 is 9.47 Å². The Kier molecular flexibility index (Phi) is 5.72. The summed E-state index contributed by atoms with van der Waals surface area (Å²) in [6, 6.07) is 7.84. The number of hydrazone groups is 1. The topological polar surface area (TPSA) is 55.7 Å². The van der Waals surface area contributed by atoms with Gasteiger partial charge in [0.2, 0.25) is 5.13 Å². The van der Waals surface area contributed by atoms with Gasteiger partial charge in [-0.1, -0.05) is 6.07 Å². The van der Waals surface area contributed by atoms with Crippen molar-refractivity contribution in [3.63, 3.8) is 0 Å². The highest BCUT2D eigenvalue weighted by molar-refractivity contribution is 9.10. The van der Waals surface area contributed by atoms with Gasteiger partial charge in [-0.2, -0.15) is 5.10 Å². The van der Waals surface area contributed by atoms with Crippen LogP contribution in [0.4, 0.5) is 5.13 Å². The predicted molar refractivity (Wildman–Crippen MR) is 109 cm³/mol. The van der Waals surface area contributed by atoms with E-state index in [2.05, 4.69) is 44.4 Å². The Hall–Kier alpha value is -1.90. The molecule has 3 aromatic rings. The van der Waals surface area contributed by atoms with Crippen molar-refractivity contribution in [3.8, 4) is 22.1 Å². The Balaban J connectivity index is 1.77. The van der Waals surface area contributed by atoms with E-state index in [4.69, 9.17) is 9.47 Å². The number of thiophene rings is 1.